The molecule has 1 aromatic carbocycles. The van der Waals surface area contributed by atoms with Gasteiger partial charge >= 0.3 is 0 Å². The number of anilines is 1. The molecular weight excluding hydrogens is 278 g/mol. The molecule has 0 saturated heterocycles. The second kappa shape index (κ2) is 5.93. The molecule has 0 unspecified atom stereocenters. The number of hydrogen-bond acceptors (Lipinski definition) is 4. The van der Waals surface area contributed by atoms with E-state index in [1.54, 1.807) is 12.1 Å². The Hall–Kier alpha value is -1.40. The molecule has 1 amide bonds. The molecule has 0 bridgehead atoms. The average Bonchev–Trinajstić information content (AvgIpc) is 2.25. The molecule has 0 fully saturated rings. The lowest BCUT2D eigenvalue weighted by Crippen LogP contribution is -2.13. The van der Waals surface area contributed by atoms with Gasteiger partial charge in [0, 0.05) is 12.6 Å². The summed E-state index contributed by atoms with van der Waals surface area (Å²) >= 11 is 0. The number of rotatable bonds is 4. The van der Waals surface area contributed by atoms with Crippen LogP contribution in [0.5, 0.6) is 0 Å². The molecule has 112 valence electrons. The van der Waals surface area contributed by atoms with Crippen molar-refractivity contribution in [3.05, 3.63) is 23.3 Å². The molecule has 0 radical (unpaired) electrons. The Kier molecular flexibility index (Phi) is 4.94. The predicted molar refractivity (Wildman–Crippen MR) is 76.9 cm³/mol. The third kappa shape index (κ3) is 3.80. The number of hydrogen-bond donors (Lipinski definition) is 1. The van der Waals surface area contributed by atoms with E-state index in [2.05, 4.69) is 5.32 Å². The van der Waals surface area contributed by atoms with Gasteiger partial charge in [-0.05, 0) is 35.1 Å². The van der Waals surface area contributed by atoms with Gasteiger partial charge in [-0.3, -0.25) is 4.79 Å². The first-order valence-electron chi connectivity index (χ1n) is 6.45. The third-order valence-corrected chi connectivity index (χ3v) is 3.93. The van der Waals surface area contributed by atoms with Crippen LogP contribution in [0.2, 0.25) is 0 Å². The average molecular weight is 298 g/mol. The molecule has 0 saturated carbocycles. The van der Waals surface area contributed by atoms with Gasteiger partial charge < -0.3 is 9.87 Å². The fourth-order valence-corrected chi connectivity index (χ4v) is 3.26. The van der Waals surface area contributed by atoms with Gasteiger partial charge in [0.05, 0.1) is 4.90 Å². The zero-order valence-electron chi connectivity index (χ0n) is 12.4. The van der Waals surface area contributed by atoms with Crippen LogP contribution in [0.25, 0.3) is 0 Å². The van der Waals surface area contributed by atoms with E-state index < -0.39 is 10.1 Å². The van der Waals surface area contributed by atoms with Gasteiger partial charge in [0.2, 0.25) is 5.91 Å². The fourth-order valence-electron chi connectivity index (χ4n) is 2.10. The summed E-state index contributed by atoms with van der Waals surface area (Å²) in [5.74, 6) is -0.521. The molecule has 1 rings (SSSR count). The monoisotopic (exact) mass is 298 g/mol. The second-order valence-electron chi connectivity index (χ2n) is 5.43. The number of carbonyl (C=O) groups excluding carboxylic acids is 1. The second-order valence-corrected chi connectivity index (χ2v) is 6.75. The van der Waals surface area contributed by atoms with Gasteiger partial charge in [-0.15, -0.1) is 0 Å². The van der Waals surface area contributed by atoms with Crippen molar-refractivity contribution < 1.29 is 17.8 Å². The van der Waals surface area contributed by atoms with Crippen LogP contribution < -0.4 is 5.32 Å². The summed E-state index contributed by atoms with van der Waals surface area (Å²) in [6.45, 7) is 8.62. The largest absolute Gasteiger partial charge is 0.744 e. The first-order valence-corrected chi connectivity index (χ1v) is 7.86. The summed E-state index contributed by atoms with van der Waals surface area (Å²) < 4.78 is 34.7. The maximum absolute atomic E-state index is 11.6. The Balaban J connectivity index is 3.68. The maximum Gasteiger partial charge on any atom is 0.221 e. The van der Waals surface area contributed by atoms with E-state index in [0.717, 1.165) is 0 Å². The van der Waals surface area contributed by atoms with Gasteiger partial charge in [-0.2, -0.15) is 0 Å². The van der Waals surface area contributed by atoms with Crippen LogP contribution in [0.3, 0.4) is 0 Å². The number of benzene rings is 1. The summed E-state index contributed by atoms with van der Waals surface area (Å²) in [7, 11) is -4.56. The van der Waals surface area contributed by atoms with Crippen molar-refractivity contribution in [1.29, 1.82) is 0 Å². The first kappa shape index (κ1) is 16.7. The maximum atomic E-state index is 11.6. The number of nitrogens with one attached hydrogen (secondary N) is 1. The molecule has 0 aliphatic rings. The van der Waals surface area contributed by atoms with Crippen molar-refractivity contribution in [2.24, 2.45) is 0 Å². The summed E-state index contributed by atoms with van der Waals surface area (Å²) in [5.41, 5.74) is 1.39. The van der Waals surface area contributed by atoms with Crippen LogP contribution in [0, 0.1) is 0 Å². The Morgan fingerprint density at radius 2 is 1.50 bits per heavy atom. The SMILES string of the molecule is CC(=O)Nc1cc(C(C)C)c(S(=O)(=O)[O-])c(C(C)C)c1. The van der Waals surface area contributed by atoms with Crippen molar-refractivity contribution in [2.45, 2.75) is 51.3 Å². The van der Waals surface area contributed by atoms with Crippen LogP contribution >= 0.6 is 0 Å². The minimum absolute atomic E-state index is 0.139. The van der Waals surface area contributed by atoms with Crippen molar-refractivity contribution in [1.82, 2.24) is 0 Å². The summed E-state index contributed by atoms with van der Waals surface area (Å²) in [6.07, 6.45) is 0. The van der Waals surface area contributed by atoms with E-state index in [1.165, 1.54) is 6.92 Å². The highest BCUT2D eigenvalue weighted by atomic mass is 32.2. The fraction of sp³-hybridized carbons (Fsp3) is 0.500. The smallest absolute Gasteiger partial charge is 0.221 e. The van der Waals surface area contributed by atoms with Crippen molar-refractivity contribution in [3.63, 3.8) is 0 Å². The van der Waals surface area contributed by atoms with Crippen LogP contribution in [-0.4, -0.2) is 18.9 Å². The zero-order chi connectivity index (χ0) is 15.7. The van der Waals surface area contributed by atoms with Crippen LogP contribution in [0.1, 0.15) is 57.6 Å². The molecule has 1 aromatic rings. The molecule has 20 heavy (non-hydrogen) atoms. The summed E-state index contributed by atoms with van der Waals surface area (Å²) in [4.78, 5) is 11.0. The van der Waals surface area contributed by atoms with Crippen molar-refractivity contribution >= 4 is 21.7 Å². The lowest BCUT2D eigenvalue weighted by atomic mass is 9.94. The lowest BCUT2D eigenvalue weighted by molar-refractivity contribution is -0.114. The van der Waals surface area contributed by atoms with Gasteiger partial charge in [-0.1, -0.05) is 27.7 Å². The summed E-state index contributed by atoms with van der Waals surface area (Å²) in [5, 5.41) is 2.64. The van der Waals surface area contributed by atoms with Crippen LogP contribution in [-0.2, 0) is 14.9 Å². The highest BCUT2D eigenvalue weighted by Crippen LogP contribution is 2.34. The minimum atomic E-state index is -4.56. The molecule has 0 spiro atoms. The van der Waals surface area contributed by atoms with E-state index in [4.69, 9.17) is 0 Å². The van der Waals surface area contributed by atoms with Gasteiger partial charge in [0.25, 0.3) is 0 Å². The first-order chi connectivity index (χ1) is 9.04. The normalized spacial score (nSPS) is 12.0. The van der Waals surface area contributed by atoms with E-state index in [9.17, 15) is 17.8 Å². The molecule has 0 aliphatic heterocycles. The minimum Gasteiger partial charge on any atom is -0.744 e. The van der Waals surface area contributed by atoms with Gasteiger partial charge in [0.15, 0.2) is 0 Å². The molecule has 0 aliphatic carbocycles. The molecule has 0 aromatic heterocycles. The van der Waals surface area contributed by atoms with Crippen molar-refractivity contribution in [3.8, 4) is 0 Å². The van der Waals surface area contributed by atoms with Gasteiger partial charge in [-0.25, -0.2) is 8.42 Å². The van der Waals surface area contributed by atoms with Crippen LogP contribution in [0.15, 0.2) is 17.0 Å². The number of carbonyl (C=O) groups is 1. The zero-order valence-corrected chi connectivity index (χ0v) is 13.2. The van der Waals surface area contributed by atoms with Gasteiger partial charge in [0.1, 0.15) is 10.1 Å². The molecule has 6 heteroatoms. The van der Waals surface area contributed by atoms with E-state index in [-0.39, 0.29) is 22.6 Å². The van der Waals surface area contributed by atoms with E-state index >= 15 is 0 Å². The highest BCUT2D eigenvalue weighted by molar-refractivity contribution is 7.85. The topological polar surface area (TPSA) is 86.3 Å². The molecule has 5 nitrogen and oxygen atoms in total. The Bertz CT molecular complexity index is 589. The quantitative estimate of drug-likeness (QED) is 0.866. The van der Waals surface area contributed by atoms with E-state index in [1.807, 2.05) is 27.7 Å². The highest BCUT2D eigenvalue weighted by Gasteiger charge is 2.20. The summed E-state index contributed by atoms with van der Waals surface area (Å²) in [6, 6.07) is 3.12. The van der Waals surface area contributed by atoms with Crippen LogP contribution in [0.4, 0.5) is 5.69 Å². The molecular formula is C14H20NO4S-. The molecule has 0 heterocycles. The molecule has 1 N–H and O–H groups in total. The van der Waals surface area contributed by atoms with Crippen molar-refractivity contribution in [2.75, 3.05) is 5.32 Å². The predicted octanol–water partition coefficient (Wildman–Crippen LogP) is 2.80. The third-order valence-electron chi connectivity index (χ3n) is 2.96. The number of amides is 1. The Morgan fingerprint density at radius 3 is 1.75 bits per heavy atom. The Morgan fingerprint density at radius 1 is 1.10 bits per heavy atom. The van der Waals surface area contributed by atoms with E-state index in [0.29, 0.717) is 16.8 Å². The Labute approximate surface area is 120 Å². The molecule has 0 atom stereocenters. The standard InChI is InChI=1S/C14H21NO4S/c1-8(2)12-6-11(15-10(5)16)7-13(9(3)4)14(12)20(17,18)19/h6-9H,1-5H3,(H,15,16)(H,17,18,19)/p-1. The lowest BCUT2D eigenvalue weighted by Gasteiger charge is -2.23.